The van der Waals surface area contributed by atoms with Gasteiger partial charge in [0.1, 0.15) is 5.75 Å². The van der Waals surface area contributed by atoms with Crippen molar-refractivity contribution in [2.75, 3.05) is 0 Å². The summed E-state index contributed by atoms with van der Waals surface area (Å²) in [6.45, 7) is 0. The SMILES string of the molecule is Oc1ccc2ccncc2c1Br. The minimum absolute atomic E-state index is 0.246. The van der Waals surface area contributed by atoms with Gasteiger partial charge in [0.25, 0.3) is 0 Å². The Kier molecular flexibility index (Phi) is 1.73. The topological polar surface area (TPSA) is 33.1 Å². The van der Waals surface area contributed by atoms with Crippen LogP contribution < -0.4 is 0 Å². The van der Waals surface area contributed by atoms with Gasteiger partial charge >= 0.3 is 0 Å². The second-order valence-corrected chi connectivity index (χ2v) is 3.29. The van der Waals surface area contributed by atoms with E-state index in [4.69, 9.17) is 0 Å². The van der Waals surface area contributed by atoms with Crippen LogP contribution in [0.5, 0.6) is 5.75 Å². The molecule has 0 saturated heterocycles. The first-order chi connectivity index (χ1) is 5.79. The normalized spacial score (nSPS) is 10.4. The van der Waals surface area contributed by atoms with Crippen molar-refractivity contribution in [3.05, 3.63) is 35.1 Å². The Morgan fingerprint density at radius 3 is 2.92 bits per heavy atom. The molecule has 2 rings (SSSR count). The molecule has 1 N–H and O–H groups in total. The first-order valence-electron chi connectivity index (χ1n) is 3.50. The molecule has 0 saturated carbocycles. The molecular formula is C9H6BrNO. The van der Waals surface area contributed by atoms with E-state index < -0.39 is 0 Å². The summed E-state index contributed by atoms with van der Waals surface area (Å²) in [5.74, 6) is 0.246. The number of nitrogens with zero attached hydrogens (tertiary/aromatic N) is 1. The molecule has 0 atom stereocenters. The van der Waals surface area contributed by atoms with Crippen LogP contribution in [-0.2, 0) is 0 Å². The number of pyridine rings is 1. The molecule has 3 heteroatoms. The zero-order valence-corrected chi connectivity index (χ0v) is 7.75. The highest BCUT2D eigenvalue weighted by Crippen LogP contribution is 2.31. The lowest BCUT2D eigenvalue weighted by Gasteiger charge is -2.00. The smallest absolute Gasteiger partial charge is 0.130 e. The summed E-state index contributed by atoms with van der Waals surface area (Å²) < 4.78 is 0.702. The van der Waals surface area contributed by atoms with E-state index in [9.17, 15) is 5.11 Å². The lowest BCUT2D eigenvalue weighted by molar-refractivity contribution is 0.473. The van der Waals surface area contributed by atoms with E-state index in [0.29, 0.717) is 4.47 Å². The van der Waals surface area contributed by atoms with Gasteiger partial charge in [-0.1, -0.05) is 6.07 Å². The van der Waals surface area contributed by atoms with Crippen LogP contribution in [0.15, 0.2) is 35.1 Å². The maximum absolute atomic E-state index is 9.34. The molecule has 0 amide bonds. The Morgan fingerprint density at radius 2 is 2.08 bits per heavy atom. The number of phenols is 1. The van der Waals surface area contributed by atoms with Crippen LogP contribution in [0.1, 0.15) is 0 Å². The fourth-order valence-electron chi connectivity index (χ4n) is 1.11. The number of benzene rings is 1. The van der Waals surface area contributed by atoms with Crippen LogP contribution in [0.4, 0.5) is 0 Å². The maximum Gasteiger partial charge on any atom is 0.130 e. The summed E-state index contributed by atoms with van der Waals surface area (Å²) in [6.07, 6.45) is 3.45. The van der Waals surface area contributed by atoms with Crippen LogP contribution in [0.2, 0.25) is 0 Å². The molecule has 0 aliphatic carbocycles. The number of hydrogen-bond donors (Lipinski definition) is 1. The van der Waals surface area contributed by atoms with Crippen LogP contribution >= 0.6 is 15.9 Å². The highest BCUT2D eigenvalue weighted by atomic mass is 79.9. The first-order valence-corrected chi connectivity index (χ1v) is 4.29. The Hall–Kier alpha value is -1.09. The maximum atomic E-state index is 9.34. The molecule has 0 radical (unpaired) electrons. The van der Waals surface area contributed by atoms with Crippen molar-refractivity contribution in [2.24, 2.45) is 0 Å². The van der Waals surface area contributed by atoms with Gasteiger partial charge in [-0.3, -0.25) is 4.98 Å². The highest BCUT2D eigenvalue weighted by Gasteiger charge is 2.01. The van der Waals surface area contributed by atoms with E-state index in [1.54, 1.807) is 18.5 Å². The first kappa shape index (κ1) is 7.55. The Morgan fingerprint density at radius 1 is 1.25 bits per heavy atom. The summed E-state index contributed by atoms with van der Waals surface area (Å²) in [5, 5.41) is 11.3. The third kappa shape index (κ3) is 1.06. The molecule has 1 aromatic carbocycles. The van der Waals surface area contributed by atoms with Gasteiger partial charge in [-0.15, -0.1) is 0 Å². The lowest BCUT2D eigenvalue weighted by Crippen LogP contribution is -1.77. The fraction of sp³-hybridized carbons (Fsp3) is 0. The lowest BCUT2D eigenvalue weighted by atomic mass is 10.2. The Labute approximate surface area is 78.0 Å². The zero-order valence-electron chi connectivity index (χ0n) is 6.16. The summed E-state index contributed by atoms with van der Waals surface area (Å²) in [4.78, 5) is 3.97. The predicted octanol–water partition coefficient (Wildman–Crippen LogP) is 2.70. The third-order valence-corrected chi connectivity index (χ3v) is 2.57. The van der Waals surface area contributed by atoms with Gasteiger partial charge < -0.3 is 5.11 Å². The largest absolute Gasteiger partial charge is 0.507 e. The molecule has 0 bridgehead atoms. The average Bonchev–Trinajstić information content (AvgIpc) is 2.12. The molecule has 12 heavy (non-hydrogen) atoms. The molecule has 1 heterocycles. The van der Waals surface area contributed by atoms with E-state index in [2.05, 4.69) is 20.9 Å². The van der Waals surface area contributed by atoms with E-state index in [0.717, 1.165) is 10.8 Å². The fourth-order valence-corrected chi connectivity index (χ4v) is 1.58. The van der Waals surface area contributed by atoms with Crippen molar-refractivity contribution in [3.63, 3.8) is 0 Å². The second kappa shape index (κ2) is 2.75. The van der Waals surface area contributed by atoms with Crippen molar-refractivity contribution in [3.8, 4) is 5.75 Å². The standard InChI is InChI=1S/C9H6BrNO/c10-9-7-5-11-4-3-6(7)1-2-8(9)12/h1-5,12H. The zero-order chi connectivity index (χ0) is 8.55. The van der Waals surface area contributed by atoms with Crippen molar-refractivity contribution < 1.29 is 5.11 Å². The van der Waals surface area contributed by atoms with E-state index >= 15 is 0 Å². The molecule has 0 aliphatic heterocycles. The summed E-state index contributed by atoms with van der Waals surface area (Å²) in [7, 11) is 0. The highest BCUT2D eigenvalue weighted by molar-refractivity contribution is 9.10. The minimum Gasteiger partial charge on any atom is -0.507 e. The molecule has 1 aromatic heterocycles. The number of aromatic nitrogens is 1. The van der Waals surface area contributed by atoms with Crippen molar-refractivity contribution >= 4 is 26.7 Å². The number of fused-ring (bicyclic) bond motifs is 1. The van der Waals surface area contributed by atoms with Crippen LogP contribution in [-0.4, -0.2) is 10.1 Å². The average molecular weight is 224 g/mol. The van der Waals surface area contributed by atoms with E-state index in [1.165, 1.54) is 0 Å². The monoisotopic (exact) mass is 223 g/mol. The molecule has 2 aromatic rings. The van der Waals surface area contributed by atoms with Gasteiger partial charge in [-0.25, -0.2) is 0 Å². The quantitative estimate of drug-likeness (QED) is 0.746. The third-order valence-electron chi connectivity index (χ3n) is 1.74. The molecule has 0 fully saturated rings. The van der Waals surface area contributed by atoms with E-state index in [1.807, 2.05) is 12.1 Å². The van der Waals surface area contributed by atoms with Gasteiger partial charge in [0.15, 0.2) is 0 Å². The van der Waals surface area contributed by atoms with E-state index in [-0.39, 0.29) is 5.75 Å². The molecule has 0 spiro atoms. The molecular weight excluding hydrogens is 218 g/mol. The molecule has 2 nitrogen and oxygen atoms in total. The molecule has 0 aliphatic rings. The van der Waals surface area contributed by atoms with Crippen molar-refractivity contribution in [2.45, 2.75) is 0 Å². The Bertz CT molecular complexity index is 428. The van der Waals surface area contributed by atoms with Crippen LogP contribution in [0.25, 0.3) is 10.8 Å². The Balaban J connectivity index is 2.91. The number of phenolic OH excluding ortho intramolecular Hbond substituents is 1. The number of rotatable bonds is 0. The van der Waals surface area contributed by atoms with Crippen LogP contribution in [0, 0.1) is 0 Å². The van der Waals surface area contributed by atoms with Gasteiger partial charge in [0.05, 0.1) is 4.47 Å². The molecule has 0 unspecified atom stereocenters. The van der Waals surface area contributed by atoms with Crippen molar-refractivity contribution in [1.82, 2.24) is 4.98 Å². The summed E-state index contributed by atoms with van der Waals surface area (Å²) >= 11 is 3.29. The van der Waals surface area contributed by atoms with Gasteiger partial charge in [-0.05, 0) is 33.4 Å². The van der Waals surface area contributed by atoms with Gasteiger partial charge in [0, 0.05) is 17.8 Å². The molecule has 60 valence electrons. The predicted molar refractivity (Wildman–Crippen MR) is 51.1 cm³/mol. The van der Waals surface area contributed by atoms with Crippen LogP contribution in [0.3, 0.4) is 0 Å². The number of hydrogen-bond acceptors (Lipinski definition) is 2. The summed E-state index contributed by atoms with van der Waals surface area (Å²) in [6, 6.07) is 5.42. The second-order valence-electron chi connectivity index (χ2n) is 2.50. The number of aromatic hydroxyl groups is 1. The van der Waals surface area contributed by atoms with Crippen molar-refractivity contribution in [1.29, 1.82) is 0 Å². The number of halogens is 1. The van der Waals surface area contributed by atoms with Gasteiger partial charge in [-0.2, -0.15) is 0 Å². The minimum atomic E-state index is 0.246. The summed E-state index contributed by atoms with van der Waals surface area (Å²) in [5.41, 5.74) is 0. The van der Waals surface area contributed by atoms with Gasteiger partial charge in [0.2, 0.25) is 0 Å².